The predicted octanol–water partition coefficient (Wildman–Crippen LogP) is 2.43. The van der Waals surface area contributed by atoms with Gasteiger partial charge in [0, 0.05) is 50.8 Å². The molecule has 1 heterocycles. The van der Waals surface area contributed by atoms with Gasteiger partial charge >= 0.3 is 12.0 Å². The van der Waals surface area contributed by atoms with E-state index in [1.807, 2.05) is 9.80 Å². The molecule has 0 radical (unpaired) electrons. The van der Waals surface area contributed by atoms with Crippen LogP contribution in [0.25, 0.3) is 0 Å². The standard InChI is InChI=1S/C23H42N4O4S/c1-19(22(29)26-14-12-25(2)13-15-26)24-23(30)27(11-9-20-7-5-4-6-8-20)16-18-32-17-10-21(28)31-3/h19-20H,4-18H2,1-3H3,(H,24,30). The molecule has 0 bridgehead atoms. The summed E-state index contributed by atoms with van der Waals surface area (Å²) < 4.78 is 4.68. The lowest BCUT2D eigenvalue weighted by Gasteiger charge is -2.34. The SMILES string of the molecule is COC(=O)CCSCCN(CCC1CCCCC1)C(=O)NC(C)C(=O)N1CCN(C)CC1. The van der Waals surface area contributed by atoms with E-state index >= 15 is 0 Å². The Morgan fingerprint density at radius 3 is 2.41 bits per heavy atom. The van der Waals surface area contributed by atoms with Crippen molar-refractivity contribution in [3.63, 3.8) is 0 Å². The Morgan fingerprint density at radius 1 is 1.06 bits per heavy atom. The van der Waals surface area contributed by atoms with Gasteiger partial charge in [0.15, 0.2) is 0 Å². The molecule has 1 atom stereocenters. The summed E-state index contributed by atoms with van der Waals surface area (Å²) in [5.41, 5.74) is 0. The van der Waals surface area contributed by atoms with Crippen LogP contribution in [0.15, 0.2) is 0 Å². The number of piperazine rings is 1. The first-order valence-electron chi connectivity index (χ1n) is 12.1. The highest BCUT2D eigenvalue weighted by Gasteiger charge is 2.26. The zero-order valence-corrected chi connectivity index (χ0v) is 21.0. The summed E-state index contributed by atoms with van der Waals surface area (Å²) in [6.07, 6.45) is 7.80. The number of thioether (sulfide) groups is 1. The number of rotatable bonds is 11. The molecule has 1 saturated carbocycles. The molecule has 8 nitrogen and oxygen atoms in total. The van der Waals surface area contributed by atoms with Gasteiger partial charge in [0.1, 0.15) is 6.04 Å². The molecule has 3 amide bonds. The molecule has 9 heteroatoms. The number of nitrogens with zero attached hydrogens (tertiary/aromatic N) is 3. The first-order valence-corrected chi connectivity index (χ1v) is 13.2. The average Bonchev–Trinajstić information content (AvgIpc) is 2.81. The van der Waals surface area contributed by atoms with Gasteiger partial charge in [-0.2, -0.15) is 11.8 Å². The minimum Gasteiger partial charge on any atom is -0.469 e. The molecule has 1 aliphatic heterocycles. The van der Waals surface area contributed by atoms with Gasteiger partial charge in [-0.25, -0.2) is 4.79 Å². The van der Waals surface area contributed by atoms with Gasteiger partial charge in [-0.15, -0.1) is 0 Å². The van der Waals surface area contributed by atoms with Crippen LogP contribution in [-0.4, -0.2) is 104 Å². The molecule has 0 spiro atoms. The molecule has 184 valence electrons. The van der Waals surface area contributed by atoms with Gasteiger partial charge in [-0.1, -0.05) is 32.1 Å². The molecule has 2 rings (SSSR count). The summed E-state index contributed by atoms with van der Waals surface area (Å²) in [5.74, 6) is 1.92. The summed E-state index contributed by atoms with van der Waals surface area (Å²) in [4.78, 5) is 43.0. The van der Waals surface area contributed by atoms with Crippen molar-refractivity contribution in [2.75, 3.05) is 64.9 Å². The lowest BCUT2D eigenvalue weighted by atomic mass is 9.87. The fourth-order valence-electron chi connectivity index (χ4n) is 4.30. The lowest BCUT2D eigenvalue weighted by molar-refractivity contribution is -0.140. The summed E-state index contributed by atoms with van der Waals surface area (Å²) in [7, 11) is 3.45. The quantitative estimate of drug-likeness (QED) is 0.369. The van der Waals surface area contributed by atoms with Gasteiger partial charge < -0.3 is 24.8 Å². The molecule has 1 aliphatic carbocycles. The molecule has 2 aliphatic rings. The summed E-state index contributed by atoms with van der Waals surface area (Å²) in [6, 6.07) is -0.695. The Morgan fingerprint density at radius 2 is 1.75 bits per heavy atom. The smallest absolute Gasteiger partial charge is 0.318 e. The molecule has 2 fully saturated rings. The predicted molar refractivity (Wildman–Crippen MR) is 129 cm³/mol. The Balaban J connectivity index is 1.83. The first-order chi connectivity index (χ1) is 15.4. The minimum absolute atomic E-state index is 0.00821. The number of carbonyl (C=O) groups excluding carboxylic acids is 3. The fraction of sp³-hybridized carbons (Fsp3) is 0.870. The number of amides is 3. The van der Waals surface area contributed by atoms with Gasteiger partial charge in [-0.3, -0.25) is 9.59 Å². The maximum atomic E-state index is 13.0. The summed E-state index contributed by atoms with van der Waals surface area (Å²) in [5, 5.41) is 2.94. The normalized spacial score (nSPS) is 18.8. The van der Waals surface area contributed by atoms with Crippen LogP contribution in [0.3, 0.4) is 0 Å². The van der Waals surface area contributed by atoms with Crippen LogP contribution in [-0.2, 0) is 14.3 Å². The number of carbonyl (C=O) groups is 3. The van der Waals surface area contributed by atoms with Crippen molar-refractivity contribution in [2.45, 2.75) is 57.9 Å². The second-order valence-corrected chi connectivity index (χ2v) is 10.2. The second-order valence-electron chi connectivity index (χ2n) is 9.02. The first kappa shape index (κ1) is 26.8. The average molecular weight is 471 g/mol. The molecular formula is C23H42N4O4S. The van der Waals surface area contributed by atoms with Crippen LogP contribution in [0.5, 0.6) is 0 Å². The number of nitrogens with one attached hydrogen (secondary N) is 1. The second kappa shape index (κ2) is 14.6. The van der Waals surface area contributed by atoms with Crippen molar-refractivity contribution in [1.29, 1.82) is 0 Å². The Kier molecular flexibility index (Phi) is 12.2. The molecule has 0 aromatic carbocycles. The van der Waals surface area contributed by atoms with Gasteiger partial charge in [-0.05, 0) is 26.3 Å². The summed E-state index contributed by atoms with van der Waals surface area (Å²) in [6.45, 7) is 6.24. The minimum atomic E-state index is -0.532. The molecule has 1 N–H and O–H groups in total. The molecule has 0 aromatic heterocycles. The Hall–Kier alpha value is -1.48. The lowest BCUT2D eigenvalue weighted by Crippen LogP contribution is -2.55. The number of urea groups is 1. The van der Waals surface area contributed by atoms with Gasteiger partial charge in [0.2, 0.25) is 5.91 Å². The van der Waals surface area contributed by atoms with E-state index < -0.39 is 6.04 Å². The number of esters is 1. The third-order valence-corrected chi connectivity index (χ3v) is 7.49. The molecule has 32 heavy (non-hydrogen) atoms. The maximum absolute atomic E-state index is 13.0. The van der Waals surface area contributed by atoms with Crippen molar-refractivity contribution in [3.05, 3.63) is 0 Å². The van der Waals surface area contributed by atoms with E-state index in [0.29, 0.717) is 44.3 Å². The molecule has 1 unspecified atom stereocenters. The van der Waals surface area contributed by atoms with Crippen LogP contribution in [0.4, 0.5) is 4.79 Å². The van der Waals surface area contributed by atoms with Gasteiger partial charge in [0.05, 0.1) is 13.5 Å². The Bertz CT molecular complexity index is 593. The number of likely N-dealkylation sites (N-methyl/N-ethyl adjacent to an activating group) is 1. The highest BCUT2D eigenvalue weighted by Crippen LogP contribution is 2.26. The third kappa shape index (κ3) is 9.57. The van der Waals surface area contributed by atoms with Crippen molar-refractivity contribution < 1.29 is 19.1 Å². The fourth-order valence-corrected chi connectivity index (χ4v) is 5.17. The van der Waals surface area contributed by atoms with E-state index in [9.17, 15) is 14.4 Å². The van der Waals surface area contributed by atoms with Crippen LogP contribution in [0, 0.1) is 5.92 Å². The van der Waals surface area contributed by atoms with E-state index in [1.165, 1.54) is 39.2 Å². The van der Waals surface area contributed by atoms with E-state index in [1.54, 1.807) is 18.7 Å². The number of hydrogen-bond acceptors (Lipinski definition) is 6. The number of methoxy groups -OCH3 is 1. The molecule has 0 aromatic rings. The molecular weight excluding hydrogens is 428 g/mol. The van der Waals surface area contributed by atoms with E-state index in [4.69, 9.17) is 0 Å². The molecule has 1 saturated heterocycles. The zero-order chi connectivity index (χ0) is 23.3. The number of ether oxygens (including phenoxy) is 1. The monoisotopic (exact) mass is 470 g/mol. The maximum Gasteiger partial charge on any atom is 0.318 e. The Labute approximate surface area is 197 Å². The van der Waals surface area contributed by atoms with E-state index in [0.717, 1.165) is 25.3 Å². The highest BCUT2D eigenvalue weighted by atomic mass is 32.2. The van der Waals surface area contributed by atoms with Crippen molar-refractivity contribution in [2.24, 2.45) is 5.92 Å². The van der Waals surface area contributed by atoms with Crippen molar-refractivity contribution in [3.8, 4) is 0 Å². The van der Waals surface area contributed by atoms with Crippen molar-refractivity contribution >= 4 is 29.7 Å². The van der Waals surface area contributed by atoms with E-state index in [-0.39, 0.29) is 17.9 Å². The highest BCUT2D eigenvalue weighted by molar-refractivity contribution is 7.99. The van der Waals surface area contributed by atoms with E-state index in [2.05, 4.69) is 22.0 Å². The van der Waals surface area contributed by atoms with Crippen LogP contribution in [0.2, 0.25) is 0 Å². The van der Waals surface area contributed by atoms with Crippen LogP contribution in [0.1, 0.15) is 51.9 Å². The van der Waals surface area contributed by atoms with Crippen LogP contribution < -0.4 is 5.32 Å². The van der Waals surface area contributed by atoms with Crippen molar-refractivity contribution in [1.82, 2.24) is 20.0 Å². The largest absolute Gasteiger partial charge is 0.469 e. The summed E-state index contributed by atoms with van der Waals surface area (Å²) >= 11 is 1.65. The topological polar surface area (TPSA) is 82.2 Å². The van der Waals surface area contributed by atoms with Crippen LogP contribution >= 0.6 is 11.8 Å². The number of hydrogen-bond donors (Lipinski definition) is 1. The van der Waals surface area contributed by atoms with Gasteiger partial charge in [0.25, 0.3) is 0 Å². The zero-order valence-electron chi connectivity index (χ0n) is 20.1. The third-order valence-electron chi connectivity index (χ3n) is 6.53.